The molecule has 1 fully saturated rings. The fourth-order valence-electron chi connectivity index (χ4n) is 4.10. The maximum atomic E-state index is 12.8. The molecule has 2 aromatic heterocycles. The summed E-state index contributed by atoms with van der Waals surface area (Å²) >= 11 is 0. The van der Waals surface area contributed by atoms with Gasteiger partial charge in [-0.1, -0.05) is 36.4 Å². The smallest absolute Gasteiger partial charge is 0.220 e. The number of aryl methyl sites for hydroxylation is 2. The predicted octanol–water partition coefficient (Wildman–Crippen LogP) is 3.29. The van der Waals surface area contributed by atoms with E-state index < -0.39 is 0 Å². The number of piperidine rings is 1. The lowest BCUT2D eigenvalue weighted by molar-refractivity contribution is -0.121. The van der Waals surface area contributed by atoms with E-state index in [2.05, 4.69) is 49.4 Å². The van der Waals surface area contributed by atoms with E-state index in [-0.39, 0.29) is 17.9 Å². The average molecular weight is 402 g/mol. The van der Waals surface area contributed by atoms with Crippen LogP contribution in [0.2, 0.25) is 0 Å². The third-order valence-electron chi connectivity index (χ3n) is 5.66. The summed E-state index contributed by atoms with van der Waals surface area (Å²) in [5.41, 5.74) is 3.30. The van der Waals surface area contributed by atoms with Crippen LogP contribution in [0.1, 0.15) is 35.6 Å². The molecule has 1 N–H and O–H groups in total. The topological polar surface area (TPSA) is 71.0 Å². The molecule has 6 heteroatoms. The number of pyridine rings is 1. The summed E-state index contributed by atoms with van der Waals surface area (Å²) in [6, 6.07) is 16.4. The SMILES string of the molecule is Cc1cc(N2CC[C@@H](c3ccccc3)[C@@H](NC(=O)CCc3cccnc3)C2)ncn1. The molecular formula is C24H27N5O. The number of aromatic nitrogens is 3. The highest BCUT2D eigenvalue weighted by Crippen LogP contribution is 2.30. The van der Waals surface area contributed by atoms with Crippen molar-refractivity contribution < 1.29 is 4.79 Å². The van der Waals surface area contributed by atoms with Gasteiger partial charge in [-0.2, -0.15) is 0 Å². The number of benzene rings is 1. The van der Waals surface area contributed by atoms with Crippen LogP contribution >= 0.6 is 0 Å². The quantitative estimate of drug-likeness (QED) is 0.686. The second kappa shape index (κ2) is 9.48. The molecule has 0 unspecified atom stereocenters. The van der Waals surface area contributed by atoms with Gasteiger partial charge in [0.15, 0.2) is 0 Å². The molecule has 3 aromatic rings. The highest BCUT2D eigenvalue weighted by molar-refractivity contribution is 5.76. The van der Waals surface area contributed by atoms with E-state index in [4.69, 9.17) is 0 Å². The average Bonchev–Trinajstić information content (AvgIpc) is 2.79. The van der Waals surface area contributed by atoms with Gasteiger partial charge in [0.1, 0.15) is 12.1 Å². The minimum Gasteiger partial charge on any atom is -0.354 e. The van der Waals surface area contributed by atoms with Crippen molar-refractivity contribution in [2.45, 2.75) is 38.1 Å². The molecule has 0 aliphatic carbocycles. The lowest BCUT2D eigenvalue weighted by Gasteiger charge is -2.40. The van der Waals surface area contributed by atoms with Crippen LogP contribution in [-0.2, 0) is 11.2 Å². The van der Waals surface area contributed by atoms with Crippen LogP contribution in [0.15, 0.2) is 67.3 Å². The first-order valence-electron chi connectivity index (χ1n) is 10.5. The molecule has 1 aliphatic heterocycles. The molecule has 1 saturated heterocycles. The Kier molecular flexibility index (Phi) is 6.32. The van der Waals surface area contributed by atoms with Crippen LogP contribution in [0.4, 0.5) is 5.82 Å². The van der Waals surface area contributed by atoms with Gasteiger partial charge in [-0.3, -0.25) is 9.78 Å². The third-order valence-corrected chi connectivity index (χ3v) is 5.66. The van der Waals surface area contributed by atoms with Gasteiger partial charge in [-0.15, -0.1) is 0 Å². The van der Waals surface area contributed by atoms with Gasteiger partial charge >= 0.3 is 0 Å². The zero-order valence-electron chi connectivity index (χ0n) is 17.2. The molecule has 0 saturated carbocycles. The summed E-state index contributed by atoms with van der Waals surface area (Å²) < 4.78 is 0. The molecule has 1 amide bonds. The van der Waals surface area contributed by atoms with Crippen molar-refractivity contribution in [1.82, 2.24) is 20.3 Å². The second-order valence-electron chi connectivity index (χ2n) is 7.80. The van der Waals surface area contributed by atoms with Gasteiger partial charge < -0.3 is 10.2 Å². The highest BCUT2D eigenvalue weighted by atomic mass is 16.1. The van der Waals surface area contributed by atoms with Crippen molar-refractivity contribution in [3.8, 4) is 0 Å². The third kappa shape index (κ3) is 5.00. The lowest BCUT2D eigenvalue weighted by Crippen LogP contribution is -2.52. The van der Waals surface area contributed by atoms with E-state index in [1.807, 2.05) is 37.4 Å². The molecule has 1 aliphatic rings. The Morgan fingerprint density at radius 1 is 1.17 bits per heavy atom. The number of nitrogens with one attached hydrogen (secondary N) is 1. The number of hydrogen-bond acceptors (Lipinski definition) is 5. The Morgan fingerprint density at radius 3 is 2.80 bits per heavy atom. The number of amides is 1. The largest absolute Gasteiger partial charge is 0.354 e. The number of carbonyl (C=O) groups excluding carboxylic acids is 1. The van der Waals surface area contributed by atoms with Crippen molar-refractivity contribution in [3.05, 3.63) is 84.1 Å². The molecule has 3 heterocycles. The van der Waals surface area contributed by atoms with E-state index >= 15 is 0 Å². The lowest BCUT2D eigenvalue weighted by atomic mass is 9.85. The first-order chi connectivity index (χ1) is 14.7. The van der Waals surface area contributed by atoms with Gasteiger partial charge in [0, 0.05) is 49.6 Å². The van der Waals surface area contributed by atoms with Crippen molar-refractivity contribution >= 4 is 11.7 Å². The number of anilines is 1. The maximum Gasteiger partial charge on any atom is 0.220 e. The molecule has 30 heavy (non-hydrogen) atoms. The van der Waals surface area contributed by atoms with Crippen LogP contribution in [0, 0.1) is 6.92 Å². The molecule has 0 bridgehead atoms. The number of hydrogen-bond donors (Lipinski definition) is 1. The highest BCUT2D eigenvalue weighted by Gasteiger charge is 2.32. The van der Waals surface area contributed by atoms with E-state index in [1.54, 1.807) is 12.5 Å². The molecule has 154 valence electrons. The normalized spacial score (nSPS) is 18.8. The van der Waals surface area contributed by atoms with Crippen LogP contribution in [-0.4, -0.2) is 40.0 Å². The van der Waals surface area contributed by atoms with E-state index in [9.17, 15) is 4.79 Å². The minimum absolute atomic E-state index is 0.0258. The zero-order chi connectivity index (χ0) is 20.8. The second-order valence-corrected chi connectivity index (χ2v) is 7.80. The van der Waals surface area contributed by atoms with Crippen molar-refractivity contribution in [2.24, 2.45) is 0 Å². The van der Waals surface area contributed by atoms with Crippen LogP contribution < -0.4 is 10.2 Å². The van der Waals surface area contributed by atoms with Gasteiger partial charge in [-0.25, -0.2) is 9.97 Å². The van der Waals surface area contributed by atoms with Gasteiger partial charge in [-0.05, 0) is 37.0 Å². The Bertz CT molecular complexity index is 964. The van der Waals surface area contributed by atoms with Crippen LogP contribution in [0.25, 0.3) is 0 Å². The van der Waals surface area contributed by atoms with Crippen molar-refractivity contribution in [2.75, 3.05) is 18.0 Å². The summed E-state index contributed by atoms with van der Waals surface area (Å²) in [6.45, 7) is 3.60. The summed E-state index contributed by atoms with van der Waals surface area (Å²) in [7, 11) is 0. The van der Waals surface area contributed by atoms with Gasteiger partial charge in [0.05, 0.1) is 6.04 Å². The maximum absolute atomic E-state index is 12.8. The molecule has 0 radical (unpaired) electrons. The monoisotopic (exact) mass is 401 g/mol. The fourth-order valence-corrected chi connectivity index (χ4v) is 4.10. The van der Waals surface area contributed by atoms with Crippen molar-refractivity contribution in [3.63, 3.8) is 0 Å². The van der Waals surface area contributed by atoms with Crippen LogP contribution in [0.3, 0.4) is 0 Å². The Balaban J connectivity index is 1.47. The number of rotatable bonds is 6. The molecular weight excluding hydrogens is 374 g/mol. The predicted molar refractivity (Wildman–Crippen MR) is 117 cm³/mol. The Labute approximate surface area is 177 Å². The van der Waals surface area contributed by atoms with E-state index in [1.165, 1.54) is 5.56 Å². The Morgan fingerprint density at radius 2 is 2.03 bits per heavy atom. The zero-order valence-corrected chi connectivity index (χ0v) is 17.2. The molecule has 4 rings (SSSR count). The summed E-state index contributed by atoms with van der Waals surface area (Å²) in [5, 5.41) is 3.31. The fraction of sp³-hybridized carbons (Fsp3) is 0.333. The number of nitrogens with zero attached hydrogens (tertiary/aromatic N) is 4. The Hall–Kier alpha value is -3.28. The van der Waals surface area contributed by atoms with E-state index in [0.717, 1.165) is 36.6 Å². The summed E-state index contributed by atoms with van der Waals surface area (Å²) in [4.78, 5) is 27.8. The molecule has 2 atom stereocenters. The van der Waals surface area contributed by atoms with Gasteiger partial charge in [0.2, 0.25) is 5.91 Å². The summed E-state index contributed by atoms with van der Waals surface area (Å²) in [6.07, 6.45) is 7.28. The summed E-state index contributed by atoms with van der Waals surface area (Å²) in [5.74, 6) is 1.28. The molecule has 0 spiro atoms. The standard InChI is InChI=1S/C24H27N5O/c1-18-14-23(27-17-26-18)29-13-11-21(20-7-3-2-4-8-20)22(16-29)28-24(30)10-9-19-6-5-12-25-15-19/h2-8,12,14-15,17,21-22H,9-11,13,16H2,1H3,(H,28,30)/t21-,22-/m0/s1. The first kappa shape index (κ1) is 20.0. The molecule has 1 aromatic carbocycles. The van der Waals surface area contributed by atoms with E-state index in [0.29, 0.717) is 12.8 Å². The van der Waals surface area contributed by atoms with Crippen molar-refractivity contribution in [1.29, 1.82) is 0 Å². The first-order valence-corrected chi connectivity index (χ1v) is 10.5. The minimum atomic E-state index is 0.0258. The van der Waals surface area contributed by atoms with Gasteiger partial charge in [0.25, 0.3) is 0 Å². The van der Waals surface area contributed by atoms with Crippen LogP contribution in [0.5, 0.6) is 0 Å². The number of carbonyl (C=O) groups is 1. The molecule has 6 nitrogen and oxygen atoms in total.